The predicted octanol–water partition coefficient (Wildman–Crippen LogP) is -5.36. The van der Waals surface area contributed by atoms with Gasteiger partial charge in [-0.2, -0.15) is 0 Å². The van der Waals surface area contributed by atoms with Crippen LogP contribution in [0, 0.1) is 0 Å². The molecular weight excluding hydrogens is 58.0 g/mol. The van der Waals surface area contributed by atoms with Gasteiger partial charge in [0.25, 0.3) is 0 Å². The second kappa shape index (κ2) is 23.9. The van der Waals surface area contributed by atoms with E-state index in [1.54, 1.807) is 0 Å². The van der Waals surface area contributed by atoms with E-state index in [0.29, 0.717) is 0 Å². The summed E-state index contributed by atoms with van der Waals surface area (Å²) in [5.41, 5.74) is 0. The van der Waals surface area contributed by atoms with Crippen LogP contribution < -0.4 is 37.7 Å². The van der Waals surface area contributed by atoms with Crippen LogP contribution in [0.3, 0.4) is 0 Å². The van der Waals surface area contributed by atoms with Gasteiger partial charge in [0.1, 0.15) is 0 Å². The summed E-state index contributed by atoms with van der Waals surface area (Å²) in [5.74, 6) is 0. The number of rotatable bonds is 0. The van der Waals surface area contributed by atoms with Gasteiger partial charge in [-0.25, -0.2) is 0 Å². The molecule has 0 bridgehead atoms. The molecule has 0 aliphatic heterocycles. The molecule has 0 saturated carbocycles. The van der Waals surface area contributed by atoms with E-state index in [1.807, 2.05) is 0 Å². The van der Waals surface area contributed by atoms with E-state index in [1.165, 1.54) is 0 Å². The second-order valence-corrected chi connectivity index (χ2v) is 0. The zero-order chi connectivity index (χ0) is 0. The molecule has 0 saturated heterocycles. The van der Waals surface area contributed by atoms with Gasteiger partial charge in [0.15, 0.2) is 0 Å². The molecule has 0 aliphatic carbocycles. The van der Waals surface area contributed by atoms with Crippen molar-refractivity contribution in [3.8, 4) is 0 Å². The summed E-state index contributed by atoms with van der Waals surface area (Å²) in [5, 5.41) is 0. The molecule has 3 heteroatoms. The van der Waals surface area contributed by atoms with Gasteiger partial charge in [0.05, 0.1) is 0 Å². The third-order valence-corrected chi connectivity index (χ3v) is 0. The van der Waals surface area contributed by atoms with E-state index in [2.05, 4.69) is 0 Å². The molecule has 0 unspecified atom stereocenters. The van der Waals surface area contributed by atoms with Crippen LogP contribution in [0.2, 0.25) is 0 Å². The first-order valence-corrected chi connectivity index (χ1v) is 0. The zero-order valence-corrected chi connectivity index (χ0v) is 3.22. The quantitative estimate of drug-likeness (QED) is 0.246. The largest absolute Gasteiger partial charge is 2.00 e. The van der Waals surface area contributed by atoms with E-state index in [-0.39, 0.29) is 58.6 Å². The third-order valence-electron chi connectivity index (χ3n) is 0. The monoisotopic (exact) mass is 62.0 g/mol. The predicted molar refractivity (Wildman–Crippen MR) is 14.1 cm³/mol. The van der Waals surface area contributed by atoms with Crippen LogP contribution in [0.4, 0.5) is 0 Å². The molecule has 0 aromatic rings. The van der Waals surface area contributed by atoms with Crippen molar-refractivity contribution in [1.82, 2.24) is 0 Å². The van der Waals surface area contributed by atoms with Gasteiger partial charge in [-0.3, -0.25) is 0 Å². The standard InChI is InChI=1S/CH4.2Li.S/h1H4;;;/q;2*+1;-2. The van der Waals surface area contributed by atoms with Crippen molar-refractivity contribution in [2.24, 2.45) is 0 Å². The first-order valence-electron chi connectivity index (χ1n) is 0. The Hall–Kier alpha value is 1.54. The Morgan fingerprint density at radius 2 is 0.750 bits per heavy atom. The van der Waals surface area contributed by atoms with Crippen molar-refractivity contribution in [2.45, 2.75) is 7.43 Å². The van der Waals surface area contributed by atoms with Crippen LogP contribution in [-0.4, -0.2) is 0 Å². The Kier molecular flexibility index (Phi) is 287. The van der Waals surface area contributed by atoms with Gasteiger partial charge in [-0.1, -0.05) is 7.43 Å². The van der Waals surface area contributed by atoms with E-state index in [4.69, 9.17) is 0 Å². The maximum Gasteiger partial charge on any atom is 1.00 e. The average molecular weight is 62.0 g/mol. The molecule has 16 valence electrons. The van der Waals surface area contributed by atoms with Crippen molar-refractivity contribution >= 4 is 13.5 Å². The molecule has 0 aromatic carbocycles. The zero-order valence-electron chi connectivity index (χ0n) is 2.41. The minimum Gasteiger partial charge on any atom is -2.00 e. The molecule has 4 heavy (non-hydrogen) atoms. The van der Waals surface area contributed by atoms with Crippen LogP contribution in [0.1, 0.15) is 7.43 Å². The smallest absolute Gasteiger partial charge is 1.00 e. The fourth-order valence-electron chi connectivity index (χ4n) is 0. The Labute approximate surface area is 58.5 Å². The molecule has 0 amide bonds. The average Bonchev–Trinajstić information content (AvgIpc) is 0. The minimum atomic E-state index is 0. The second-order valence-electron chi connectivity index (χ2n) is 0. The van der Waals surface area contributed by atoms with Crippen LogP contribution in [-0.2, 0) is 13.5 Å². The van der Waals surface area contributed by atoms with E-state index in [0.717, 1.165) is 0 Å². The fourth-order valence-corrected chi connectivity index (χ4v) is 0. The van der Waals surface area contributed by atoms with Crippen LogP contribution in [0.5, 0.6) is 0 Å². The topological polar surface area (TPSA) is 0 Å². The first kappa shape index (κ1) is 48.0. The van der Waals surface area contributed by atoms with Gasteiger partial charge >= 0.3 is 37.7 Å². The Balaban J connectivity index is 0. The Bertz CT molecular complexity index is 6.00. The minimum absolute atomic E-state index is 0. The molecule has 0 radical (unpaired) electrons. The summed E-state index contributed by atoms with van der Waals surface area (Å²) in [4.78, 5) is 0. The molecule has 0 heterocycles. The van der Waals surface area contributed by atoms with Gasteiger partial charge in [-0.15, -0.1) is 0 Å². The maximum absolute atomic E-state index is 0. The third kappa shape index (κ3) is 9.62. The Morgan fingerprint density at radius 3 is 0.750 bits per heavy atom. The molecule has 0 nitrogen and oxygen atoms in total. The van der Waals surface area contributed by atoms with Crippen molar-refractivity contribution in [3.63, 3.8) is 0 Å². The maximum atomic E-state index is 0. The van der Waals surface area contributed by atoms with Crippen molar-refractivity contribution < 1.29 is 37.7 Å². The molecule has 0 rings (SSSR count). The van der Waals surface area contributed by atoms with Crippen molar-refractivity contribution in [3.05, 3.63) is 0 Å². The summed E-state index contributed by atoms with van der Waals surface area (Å²) in [6, 6.07) is 0. The van der Waals surface area contributed by atoms with Crippen LogP contribution in [0.25, 0.3) is 0 Å². The van der Waals surface area contributed by atoms with E-state index >= 15 is 0 Å². The summed E-state index contributed by atoms with van der Waals surface area (Å²) >= 11 is 0. The SMILES string of the molecule is C.[Li+].[Li+].[S-2]. The molecule has 0 spiro atoms. The van der Waals surface area contributed by atoms with Crippen molar-refractivity contribution in [2.75, 3.05) is 0 Å². The molecule has 0 N–H and O–H groups in total. The summed E-state index contributed by atoms with van der Waals surface area (Å²) < 4.78 is 0. The summed E-state index contributed by atoms with van der Waals surface area (Å²) in [6.07, 6.45) is 0. The van der Waals surface area contributed by atoms with Gasteiger partial charge in [0, 0.05) is 0 Å². The van der Waals surface area contributed by atoms with Crippen LogP contribution >= 0.6 is 0 Å². The van der Waals surface area contributed by atoms with Crippen molar-refractivity contribution in [1.29, 1.82) is 0 Å². The van der Waals surface area contributed by atoms with E-state index in [9.17, 15) is 0 Å². The van der Waals surface area contributed by atoms with E-state index < -0.39 is 0 Å². The fraction of sp³-hybridized carbons (Fsp3) is 1.00. The van der Waals surface area contributed by atoms with Gasteiger partial charge in [0.2, 0.25) is 0 Å². The molecule has 0 atom stereocenters. The summed E-state index contributed by atoms with van der Waals surface area (Å²) in [7, 11) is 0. The number of hydrogen-bond donors (Lipinski definition) is 0. The van der Waals surface area contributed by atoms with Gasteiger partial charge < -0.3 is 13.5 Å². The first-order chi connectivity index (χ1) is 0. The van der Waals surface area contributed by atoms with Crippen LogP contribution in [0.15, 0.2) is 0 Å². The molecular formula is CH4Li2S. The molecule has 0 fully saturated rings. The molecule has 0 aliphatic rings. The summed E-state index contributed by atoms with van der Waals surface area (Å²) in [6.45, 7) is 0. The normalized spacial score (nSPS) is 0. The molecule has 0 aromatic heterocycles. The van der Waals surface area contributed by atoms with Gasteiger partial charge in [-0.05, 0) is 0 Å². The Morgan fingerprint density at radius 1 is 0.750 bits per heavy atom. The number of hydrogen-bond acceptors (Lipinski definition) is 0.